The molecule has 0 unspecified atom stereocenters. The van der Waals surface area contributed by atoms with Gasteiger partial charge in [-0.1, -0.05) is 42.5 Å². The lowest BCUT2D eigenvalue weighted by Crippen LogP contribution is -2.31. The summed E-state index contributed by atoms with van der Waals surface area (Å²) in [6.45, 7) is 3.26. The molecule has 3 aromatic carbocycles. The molecule has 0 spiro atoms. The van der Waals surface area contributed by atoms with E-state index in [4.69, 9.17) is 4.74 Å². The van der Waals surface area contributed by atoms with Crippen molar-refractivity contribution in [3.8, 4) is 11.5 Å². The van der Waals surface area contributed by atoms with Crippen LogP contribution in [0.15, 0.2) is 84.6 Å². The molecule has 2 aliphatic rings. The molecule has 6 heteroatoms. The molecule has 2 saturated heterocycles. The zero-order valence-electron chi connectivity index (χ0n) is 19.2. The molecule has 2 heterocycles. The van der Waals surface area contributed by atoms with Crippen molar-refractivity contribution >= 4 is 23.7 Å². The van der Waals surface area contributed by atoms with E-state index in [2.05, 4.69) is 17.0 Å². The summed E-state index contributed by atoms with van der Waals surface area (Å²) < 4.78 is 5.81. The highest BCUT2D eigenvalue weighted by Gasteiger charge is 2.39. The van der Waals surface area contributed by atoms with Crippen molar-refractivity contribution in [1.29, 1.82) is 0 Å². The number of likely N-dealkylation sites (tertiary alicyclic amines) is 1. The number of likely N-dealkylation sites (N-methyl/N-ethyl adjacent to an activating group) is 1. The fourth-order valence-corrected chi connectivity index (χ4v) is 4.35. The van der Waals surface area contributed by atoms with E-state index in [0.717, 1.165) is 30.9 Å². The maximum Gasteiger partial charge on any atom is 0.336 e. The van der Waals surface area contributed by atoms with Gasteiger partial charge in [0, 0.05) is 13.6 Å². The van der Waals surface area contributed by atoms with Crippen LogP contribution in [0, 0.1) is 0 Å². The van der Waals surface area contributed by atoms with E-state index < -0.39 is 0 Å². The van der Waals surface area contributed by atoms with Crippen LogP contribution in [0.1, 0.15) is 24.0 Å². The number of hydrogen-bond donors (Lipinski definition) is 0. The van der Waals surface area contributed by atoms with Gasteiger partial charge >= 0.3 is 6.03 Å². The molecule has 5 rings (SSSR count). The quantitative estimate of drug-likeness (QED) is 0.365. The number of hydrogen-bond acceptors (Lipinski definition) is 4. The molecule has 0 atom stereocenters. The molecule has 34 heavy (non-hydrogen) atoms. The number of carbonyl (C=O) groups is 2. The number of ether oxygens (including phenoxy) is 1. The van der Waals surface area contributed by atoms with E-state index in [1.165, 1.54) is 28.2 Å². The third-order valence-corrected chi connectivity index (χ3v) is 6.22. The lowest BCUT2D eigenvalue weighted by atomic mass is 10.1. The van der Waals surface area contributed by atoms with Gasteiger partial charge in [-0.05, 0) is 79.5 Å². The third-order valence-electron chi connectivity index (χ3n) is 6.22. The highest BCUT2D eigenvalue weighted by atomic mass is 16.5. The van der Waals surface area contributed by atoms with Gasteiger partial charge < -0.3 is 4.74 Å². The molecule has 2 aliphatic heterocycles. The van der Waals surface area contributed by atoms with Crippen LogP contribution in [-0.4, -0.2) is 41.9 Å². The van der Waals surface area contributed by atoms with Gasteiger partial charge in [-0.25, -0.2) is 9.69 Å². The number of urea groups is 1. The summed E-state index contributed by atoms with van der Waals surface area (Å²) in [6.07, 6.45) is 4.31. The molecule has 0 radical (unpaired) electrons. The molecule has 0 N–H and O–H groups in total. The molecule has 3 aromatic rings. The Kier molecular flexibility index (Phi) is 6.14. The maximum atomic E-state index is 13.2. The normalized spacial score (nSPS) is 17.7. The fourth-order valence-electron chi connectivity index (χ4n) is 4.35. The van der Waals surface area contributed by atoms with Gasteiger partial charge in [0.2, 0.25) is 0 Å². The number of anilines is 1. The first-order chi connectivity index (χ1) is 16.6. The topological polar surface area (TPSA) is 53.1 Å². The minimum absolute atomic E-state index is 0.342. The first-order valence-electron chi connectivity index (χ1n) is 11.6. The van der Waals surface area contributed by atoms with Gasteiger partial charge in [-0.3, -0.25) is 14.6 Å². The number of rotatable bonds is 6. The van der Waals surface area contributed by atoms with Crippen LogP contribution in [0.5, 0.6) is 11.5 Å². The zero-order chi connectivity index (χ0) is 23.5. The van der Waals surface area contributed by atoms with Crippen molar-refractivity contribution in [3.63, 3.8) is 0 Å². The van der Waals surface area contributed by atoms with Gasteiger partial charge in [0.25, 0.3) is 5.91 Å². The van der Waals surface area contributed by atoms with Crippen molar-refractivity contribution < 1.29 is 14.3 Å². The van der Waals surface area contributed by atoms with Crippen molar-refractivity contribution in [3.05, 3.63) is 95.7 Å². The van der Waals surface area contributed by atoms with Gasteiger partial charge in [-0.15, -0.1) is 0 Å². The Balaban J connectivity index is 1.30. The molecular formula is C28H27N3O3. The highest BCUT2D eigenvalue weighted by molar-refractivity contribution is 6.28. The largest absolute Gasteiger partial charge is 0.457 e. The second-order valence-electron chi connectivity index (χ2n) is 8.65. The molecular weight excluding hydrogens is 426 g/mol. The Labute approximate surface area is 199 Å². The van der Waals surface area contributed by atoms with Gasteiger partial charge in [0.15, 0.2) is 0 Å². The number of nitrogens with zero attached hydrogens (tertiary/aromatic N) is 3. The van der Waals surface area contributed by atoms with Crippen LogP contribution < -0.4 is 9.64 Å². The van der Waals surface area contributed by atoms with Crippen LogP contribution in [-0.2, 0) is 11.3 Å². The molecule has 172 valence electrons. The Morgan fingerprint density at radius 2 is 1.47 bits per heavy atom. The van der Waals surface area contributed by atoms with Gasteiger partial charge in [0.05, 0.1) is 5.69 Å². The predicted octanol–water partition coefficient (Wildman–Crippen LogP) is 5.51. The standard InChI is InChI=1S/C28H27N3O3/c1-29-26(19-21-9-11-22(12-10-21)20-30-17-5-6-18-30)27(32)31(28(29)33)23-13-15-25(16-14-23)34-24-7-3-2-4-8-24/h2-4,7-16,19H,5-6,17-18,20H2,1H3/b26-19+. The maximum absolute atomic E-state index is 13.2. The van der Waals surface area contributed by atoms with E-state index in [9.17, 15) is 9.59 Å². The van der Waals surface area contributed by atoms with E-state index in [-0.39, 0.29) is 11.9 Å². The minimum atomic E-state index is -0.376. The third kappa shape index (κ3) is 4.58. The van der Waals surface area contributed by atoms with Gasteiger partial charge in [0.1, 0.15) is 17.2 Å². The molecule has 2 fully saturated rings. The SMILES string of the molecule is CN1C(=O)N(c2ccc(Oc3ccccc3)cc2)C(=O)/C1=C\c1ccc(CN2CCCC2)cc1. The van der Waals surface area contributed by atoms with Crippen LogP contribution in [0.3, 0.4) is 0 Å². The number of benzene rings is 3. The van der Waals surface area contributed by atoms with E-state index >= 15 is 0 Å². The number of carbonyl (C=O) groups excluding carboxylic acids is 2. The molecule has 0 saturated carbocycles. The summed E-state index contributed by atoms with van der Waals surface area (Å²) >= 11 is 0. The Morgan fingerprint density at radius 3 is 2.15 bits per heavy atom. The van der Waals surface area contributed by atoms with Crippen LogP contribution in [0.2, 0.25) is 0 Å². The molecule has 0 bridgehead atoms. The molecule has 3 amide bonds. The zero-order valence-corrected chi connectivity index (χ0v) is 19.2. The number of amides is 3. The van der Waals surface area contributed by atoms with Crippen molar-refractivity contribution in [1.82, 2.24) is 9.80 Å². The Bertz CT molecular complexity index is 1200. The van der Waals surface area contributed by atoms with Crippen LogP contribution >= 0.6 is 0 Å². The minimum Gasteiger partial charge on any atom is -0.457 e. The summed E-state index contributed by atoms with van der Waals surface area (Å²) in [5.74, 6) is 1.01. The smallest absolute Gasteiger partial charge is 0.336 e. The predicted molar refractivity (Wildman–Crippen MR) is 133 cm³/mol. The van der Waals surface area contributed by atoms with Crippen molar-refractivity contribution in [2.75, 3.05) is 25.0 Å². The Morgan fingerprint density at radius 1 is 0.824 bits per heavy atom. The summed E-state index contributed by atoms with van der Waals surface area (Å²) in [6, 6.07) is 24.2. The molecule has 6 nitrogen and oxygen atoms in total. The number of para-hydroxylation sites is 1. The lowest BCUT2D eigenvalue weighted by molar-refractivity contribution is -0.114. The van der Waals surface area contributed by atoms with E-state index in [1.54, 1.807) is 37.4 Å². The first kappa shape index (κ1) is 21.9. The van der Waals surface area contributed by atoms with E-state index in [0.29, 0.717) is 17.1 Å². The van der Waals surface area contributed by atoms with Crippen LogP contribution in [0.25, 0.3) is 6.08 Å². The average Bonchev–Trinajstić information content (AvgIpc) is 3.44. The highest BCUT2D eigenvalue weighted by Crippen LogP contribution is 2.30. The second kappa shape index (κ2) is 9.53. The van der Waals surface area contributed by atoms with E-state index in [1.807, 2.05) is 42.5 Å². The molecule has 0 aliphatic carbocycles. The lowest BCUT2D eigenvalue weighted by Gasteiger charge is -2.14. The monoisotopic (exact) mass is 453 g/mol. The summed E-state index contributed by atoms with van der Waals surface area (Å²) in [5.41, 5.74) is 3.00. The average molecular weight is 454 g/mol. The van der Waals surface area contributed by atoms with Crippen molar-refractivity contribution in [2.45, 2.75) is 19.4 Å². The summed E-state index contributed by atoms with van der Waals surface area (Å²) in [5, 5.41) is 0. The van der Waals surface area contributed by atoms with Crippen LogP contribution in [0.4, 0.5) is 10.5 Å². The fraction of sp³-hybridized carbons (Fsp3) is 0.214. The molecule has 0 aromatic heterocycles. The summed E-state index contributed by atoms with van der Waals surface area (Å²) in [4.78, 5) is 31.1. The van der Waals surface area contributed by atoms with Crippen molar-refractivity contribution in [2.24, 2.45) is 0 Å². The first-order valence-corrected chi connectivity index (χ1v) is 11.6. The Hall–Kier alpha value is -3.90. The second-order valence-corrected chi connectivity index (χ2v) is 8.65. The number of imide groups is 1. The summed E-state index contributed by atoms with van der Waals surface area (Å²) in [7, 11) is 1.63. The van der Waals surface area contributed by atoms with Gasteiger partial charge in [-0.2, -0.15) is 0 Å².